The molecule has 1 fully saturated rings. The number of anilines is 1. The minimum absolute atomic E-state index is 0.395. The molecule has 1 aliphatic carbocycles. The van der Waals surface area contributed by atoms with Gasteiger partial charge >= 0.3 is 0 Å². The van der Waals surface area contributed by atoms with Crippen LogP contribution in [-0.2, 0) is 0 Å². The van der Waals surface area contributed by atoms with Gasteiger partial charge in [0.15, 0.2) is 0 Å². The third-order valence-electron chi connectivity index (χ3n) is 3.78. The van der Waals surface area contributed by atoms with Crippen LogP contribution in [0.25, 0.3) is 11.3 Å². The number of nitrogens with two attached hydrogens (primary N) is 1. The van der Waals surface area contributed by atoms with E-state index in [1.807, 2.05) is 31.2 Å². The molecule has 20 heavy (non-hydrogen) atoms. The van der Waals surface area contributed by atoms with Gasteiger partial charge in [0.25, 0.3) is 5.91 Å². The van der Waals surface area contributed by atoms with Gasteiger partial charge in [-0.05, 0) is 37.8 Å². The van der Waals surface area contributed by atoms with Crippen molar-refractivity contribution in [2.75, 3.05) is 11.9 Å². The van der Waals surface area contributed by atoms with Crippen molar-refractivity contribution in [3.8, 4) is 11.3 Å². The van der Waals surface area contributed by atoms with Gasteiger partial charge in [-0.25, -0.2) is 0 Å². The van der Waals surface area contributed by atoms with Gasteiger partial charge < -0.3 is 16.0 Å². The highest BCUT2D eigenvalue weighted by atomic mass is 16.1. The number of primary amides is 1. The van der Waals surface area contributed by atoms with Gasteiger partial charge in [-0.3, -0.25) is 4.79 Å². The van der Waals surface area contributed by atoms with Gasteiger partial charge in [-0.15, -0.1) is 0 Å². The van der Waals surface area contributed by atoms with Crippen molar-refractivity contribution in [1.29, 1.82) is 0 Å². The molecule has 1 aromatic carbocycles. The van der Waals surface area contributed by atoms with E-state index in [0.717, 1.165) is 35.1 Å². The van der Waals surface area contributed by atoms with Crippen molar-refractivity contribution >= 4 is 11.6 Å². The summed E-state index contributed by atoms with van der Waals surface area (Å²) in [4.78, 5) is 14.6. The quantitative estimate of drug-likeness (QED) is 0.781. The summed E-state index contributed by atoms with van der Waals surface area (Å²) in [6.45, 7) is 2.88. The lowest BCUT2D eigenvalue weighted by atomic mass is 10.1. The minimum atomic E-state index is -0.395. The Morgan fingerprint density at radius 1 is 1.40 bits per heavy atom. The summed E-state index contributed by atoms with van der Waals surface area (Å²) in [5, 5.41) is 3.50. The Balaban J connectivity index is 1.92. The molecular weight excluding hydrogens is 250 g/mol. The van der Waals surface area contributed by atoms with Crippen LogP contribution in [0.1, 0.15) is 28.9 Å². The monoisotopic (exact) mass is 269 g/mol. The van der Waals surface area contributed by atoms with Crippen molar-refractivity contribution in [3.63, 3.8) is 0 Å². The molecule has 0 bridgehead atoms. The number of carbonyl (C=O) groups excluding carboxylic acids is 1. The first-order valence-electron chi connectivity index (χ1n) is 6.98. The van der Waals surface area contributed by atoms with Gasteiger partial charge in [0.1, 0.15) is 0 Å². The van der Waals surface area contributed by atoms with Gasteiger partial charge in [0.2, 0.25) is 0 Å². The maximum atomic E-state index is 11.4. The van der Waals surface area contributed by atoms with Crippen molar-refractivity contribution in [2.45, 2.75) is 19.8 Å². The summed E-state index contributed by atoms with van der Waals surface area (Å²) in [6, 6.07) is 9.96. The van der Waals surface area contributed by atoms with Crippen LogP contribution in [0.15, 0.2) is 30.3 Å². The highest BCUT2D eigenvalue weighted by Gasteiger charge is 2.21. The fourth-order valence-corrected chi connectivity index (χ4v) is 2.41. The molecule has 0 spiro atoms. The van der Waals surface area contributed by atoms with Crippen molar-refractivity contribution in [3.05, 3.63) is 41.6 Å². The second-order valence-electron chi connectivity index (χ2n) is 5.46. The molecule has 1 heterocycles. The first-order valence-corrected chi connectivity index (χ1v) is 6.98. The molecule has 104 valence electrons. The third kappa shape index (κ3) is 2.54. The maximum Gasteiger partial charge on any atom is 0.250 e. The summed E-state index contributed by atoms with van der Waals surface area (Å²) in [7, 11) is 0. The fraction of sp³-hybridized carbons (Fsp3) is 0.312. The Bertz CT molecular complexity index is 641. The Kier molecular flexibility index (Phi) is 3.22. The molecule has 4 heteroatoms. The summed E-state index contributed by atoms with van der Waals surface area (Å²) in [5.74, 6) is 0.419. The average Bonchev–Trinajstić information content (AvgIpc) is 3.18. The van der Waals surface area contributed by atoms with E-state index in [4.69, 9.17) is 5.73 Å². The Morgan fingerprint density at radius 3 is 2.80 bits per heavy atom. The number of aryl methyl sites for hydroxylation is 1. The molecule has 0 atom stereocenters. The van der Waals surface area contributed by atoms with Crippen LogP contribution in [-0.4, -0.2) is 17.4 Å². The lowest BCUT2D eigenvalue weighted by Gasteiger charge is -2.10. The fourth-order valence-electron chi connectivity index (χ4n) is 2.41. The summed E-state index contributed by atoms with van der Waals surface area (Å²) < 4.78 is 0. The Hall–Kier alpha value is -2.23. The molecule has 3 rings (SSSR count). The minimum Gasteiger partial charge on any atom is -0.384 e. The van der Waals surface area contributed by atoms with Crippen LogP contribution < -0.4 is 11.1 Å². The topological polar surface area (TPSA) is 70.9 Å². The Labute approximate surface area is 118 Å². The number of hydrogen-bond donors (Lipinski definition) is 3. The highest BCUT2D eigenvalue weighted by molar-refractivity contribution is 5.96. The number of H-pyrrole nitrogens is 1. The molecule has 0 radical (unpaired) electrons. The van der Waals surface area contributed by atoms with Crippen LogP contribution in [0.2, 0.25) is 0 Å². The van der Waals surface area contributed by atoms with Crippen LogP contribution in [0.4, 0.5) is 5.69 Å². The standard InChI is InChI=1S/C16H19N3O/c1-10-13(16(17)20)8-15(19-10)12-4-2-3-5-14(12)18-9-11-6-7-11/h2-5,8,11,18-19H,6-7,9H2,1H3,(H2,17,20). The lowest BCUT2D eigenvalue weighted by molar-refractivity contribution is 0.1000. The zero-order valence-corrected chi connectivity index (χ0v) is 11.6. The van der Waals surface area contributed by atoms with Crippen LogP contribution >= 0.6 is 0 Å². The van der Waals surface area contributed by atoms with Crippen LogP contribution in [0, 0.1) is 12.8 Å². The smallest absolute Gasteiger partial charge is 0.250 e. The number of amides is 1. The molecule has 4 N–H and O–H groups in total. The zero-order chi connectivity index (χ0) is 14.1. The van der Waals surface area contributed by atoms with Crippen LogP contribution in [0.3, 0.4) is 0 Å². The van der Waals surface area contributed by atoms with Crippen molar-refractivity contribution < 1.29 is 4.79 Å². The number of nitrogens with one attached hydrogen (secondary N) is 2. The molecule has 0 aliphatic heterocycles. The summed E-state index contributed by atoms with van der Waals surface area (Å²) in [6.07, 6.45) is 2.64. The van der Waals surface area contributed by atoms with Gasteiger partial charge in [-0.2, -0.15) is 0 Å². The molecule has 1 amide bonds. The van der Waals surface area contributed by atoms with Gasteiger partial charge in [0.05, 0.1) is 5.56 Å². The predicted octanol–water partition coefficient (Wildman–Crippen LogP) is 2.91. The third-order valence-corrected chi connectivity index (χ3v) is 3.78. The average molecular weight is 269 g/mol. The van der Waals surface area contributed by atoms with Gasteiger partial charge in [0, 0.05) is 29.2 Å². The zero-order valence-electron chi connectivity index (χ0n) is 11.6. The summed E-state index contributed by atoms with van der Waals surface area (Å²) in [5.41, 5.74) is 9.83. The SMILES string of the molecule is Cc1[nH]c(-c2ccccc2NCC2CC2)cc1C(N)=O. The first kappa shape index (κ1) is 12.8. The number of para-hydroxylation sites is 1. The number of benzene rings is 1. The number of hydrogen-bond acceptors (Lipinski definition) is 2. The molecule has 2 aromatic rings. The number of aromatic amines is 1. The van der Waals surface area contributed by atoms with E-state index >= 15 is 0 Å². The molecule has 0 saturated heterocycles. The maximum absolute atomic E-state index is 11.4. The van der Waals surface area contributed by atoms with E-state index in [0.29, 0.717) is 5.56 Å². The molecule has 1 saturated carbocycles. The predicted molar refractivity (Wildman–Crippen MR) is 80.7 cm³/mol. The molecule has 4 nitrogen and oxygen atoms in total. The highest BCUT2D eigenvalue weighted by Crippen LogP contribution is 2.32. The first-order chi connectivity index (χ1) is 9.65. The van der Waals surface area contributed by atoms with Crippen LogP contribution in [0.5, 0.6) is 0 Å². The van der Waals surface area contributed by atoms with E-state index in [1.54, 1.807) is 0 Å². The van der Waals surface area contributed by atoms with E-state index < -0.39 is 5.91 Å². The van der Waals surface area contributed by atoms with E-state index in [1.165, 1.54) is 12.8 Å². The molecule has 1 aliphatic rings. The lowest BCUT2D eigenvalue weighted by Crippen LogP contribution is -2.10. The molecule has 0 unspecified atom stereocenters. The second kappa shape index (κ2) is 5.04. The normalized spacial score (nSPS) is 14.2. The Morgan fingerprint density at radius 2 is 2.15 bits per heavy atom. The molecular formula is C16H19N3O. The number of aromatic nitrogens is 1. The van der Waals surface area contributed by atoms with Crippen molar-refractivity contribution in [2.24, 2.45) is 11.7 Å². The second-order valence-corrected chi connectivity index (χ2v) is 5.46. The molecule has 1 aromatic heterocycles. The summed E-state index contributed by atoms with van der Waals surface area (Å²) >= 11 is 0. The van der Waals surface area contributed by atoms with E-state index in [-0.39, 0.29) is 0 Å². The number of carbonyl (C=O) groups is 1. The van der Waals surface area contributed by atoms with E-state index in [2.05, 4.69) is 16.4 Å². The van der Waals surface area contributed by atoms with E-state index in [9.17, 15) is 4.79 Å². The number of rotatable bonds is 5. The largest absolute Gasteiger partial charge is 0.384 e. The van der Waals surface area contributed by atoms with Gasteiger partial charge in [-0.1, -0.05) is 18.2 Å². The van der Waals surface area contributed by atoms with Crippen molar-refractivity contribution in [1.82, 2.24) is 4.98 Å².